The number of pyridine rings is 1. The van der Waals surface area contributed by atoms with Crippen LogP contribution in [0.5, 0.6) is 0 Å². The highest BCUT2D eigenvalue weighted by atomic mass is 16.5. The topological polar surface area (TPSA) is 39.2 Å². The molecule has 3 nitrogen and oxygen atoms in total. The first-order valence-corrected chi connectivity index (χ1v) is 3.42. The number of fused-ring (bicyclic) bond motifs is 1. The maximum atomic E-state index is 11.1. The van der Waals surface area contributed by atoms with E-state index in [9.17, 15) is 4.79 Å². The summed E-state index contributed by atoms with van der Waals surface area (Å²) in [4.78, 5) is 15.0. The van der Waals surface area contributed by atoms with Crippen molar-refractivity contribution >= 4 is 5.78 Å². The quantitative estimate of drug-likeness (QED) is 0.547. The van der Waals surface area contributed by atoms with Crippen LogP contribution in [0.25, 0.3) is 0 Å². The predicted octanol–water partition coefficient (Wildman–Crippen LogP) is 0.794. The molecule has 0 fully saturated rings. The largest absolute Gasteiger partial charge is 0.369 e. The number of carbonyl (C=O) groups is 1. The van der Waals surface area contributed by atoms with Gasteiger partial charge in [0.2, 0.25) is 0 Å². The molecule has 0 spiro atoms. The summed E-state index contributed by atoms with van der Waals surface area (Å²) >= 11 is 0. The van der Waals surface area contributed by atoms with Crippen molar-refractivity contribution in [3.63, 3.8) is 0 Å². The molecule has 0 N–H and O–H groups in total. The van der Waals surface area contributed by atoms with E-state index in [-0.39, 0.29) is 12.4 Å². The lowest BCUT2D eigenvalue weighted by Gasteiger charge is -2.13. The summed E-state index contributed by atoms with van der Waals surface area (Å²) in [5.41, 5.74) is 1.65. The molecule has 11 heavy (non-hydrogen) atoms. The molecular weight excluding hydrogens is 142 g/mol. The monoisotopic (exact) mass is 149 g/mol. The first-order valence-electron chi connectivity index (χ1n) is 3.42. The second kappa shape index (κ2) is 2.43. The lowest BCUT2D eigenvalue weighted by Crippen LogP contribution is -2.17. The molecule has 2 rings (SSSR count). The van der Waals surface area contributed by atoms with E-state index in [4.69, 9.17) is 4.74 Å². The van der Waals surface area contributed by atoms with Crippen LogP contribution in [0.2, 0.25) is 0 Å². The third-order valence-corrected chi connectivity index (χ3v) is 1.70. The third-order valence-electron chi connectivity index (χ3n) is 1.70. The minimum absolute atomic E-state index is 0.0272. The van der Waals surface area contributed by atoms with Crippen LogP contribution in [0.1, 0.15) is 15.9 Å². The molecule has 0 amide bonds. The van der Waals surface area contributed by atoms with E-state index in [1.54, 1.807) is 12.4 Å². The number of Topliss-reactive ketones (excluding diaryl/α,β-unsaturated/α-hetero) is 1. The predicted molar refractivity (Wildman–Crippen MR) is 38.2 cm³/mol. The van der Waals surface area contributed by atoms with Gasteiger partial charge in [-0.25, -0.2) is 0 Å². The number of nitrogens with zero attached hydrogens (tertiary/aromatic N) is 1. The van der Waals surface area contributed by atoms with Gasteiger partial charge >= 0.3 is 0 Å². The number of carbonyl (C=O) groups excluding carboxylic acids is 1. The Morgan fingerprint density at radius 2 is 2.36 bits per heavy atom. The van der Waals surface area contributed by atoms with Gasteiger partial charge in [-0.05, 0) is 11.6 Å². The lowest BCUT2D eigenvalue weighted by atomic mass is 10.1. The van der Waals surface area contributed by atoms with Crippen LogP contribution in [0.3, 0.4) is 0 Å². The molecule has 1 aliphatic rings. The van der Waals surface area contributed by atoms with Crippen LogP contribution in [0.4, 0.5) is 0 Å². The van der Waals surface area contributed by atoms with E-state index in [0.29, 0.717) is 12.2 Å². The van der Waals surface area contributed by atoms with Crippen LogP contribution in [0, 0.1) is 0 Å². The number of ketones is 1. The van der Waals surface area contributed by atoms with Crippen molar-refractivity contribution in [1.82, 2.24) is 4.98 Å². The molecule has 56 valence electrons. The smallest absolute Gasteiger partial charge is 0.190 e. The van der Waals surface area contributed by atoms with Crippen molar-refractivity contribution in [2.75, 3.05) is 6.61 Å². The Labute approximate surface area is 64.0 Å². The van der Waals surface area contributed by atoms with Gasteiger partial charge in [0.1, 0.15) is 6.61 Å². The molecule has 1 aliphatic heterocycles. The van der Waals surface area contributed by atoms with Crippen molar-refractivity contribution in [3.8, 4) is 0 Å². The maximum absolute atomic E-state index is 11.1. The molecule has 0 saturated heterocycles. The zero-order chi connectivity index (χ0) is 7.68. The lowest BCUT2D eigenvalue weighted by molar-refractivity contribution is 0.0664. The summed E-state index contributed by atoms with van der Waals surface area (Å²) in [6.45, 7) is 0.724. The summed E-state index contributed by atoms with van der Waals surface area (Å²) in [6.07, 6.45) is 3.26. The van der Waals surface area contributed by atoms with E-state index in [1.165, 1.54) is 0 Å². The van der Waals surface area contributed by atoms with E-state index in [0.717, 1.165) is 5.56 Å². The van der Waals surface area contributed by atoms with E-state index >= 15 is 0 Å². The van der Waals surface area contributed by atoms with Gasteiger partial charge in [-0.15, -0.1) is 0 Å². The fourth-order valence-corrected chi connectivity index (χ4v) is 1.13. The average Bonchev–Trinajstić information content (AvgIpc) is 2.06. The van der Waals surface area contributed by atoms with Crippen LogP contribution in [-0.4, -0.2) is 17.4 Å². The molecule has 0 unspecified atom stereocenters. The Kier molecular flexibility index (Phi) is 1.43. The van der Waals surface area contributed by atoms with Gasteiger partial charge in [-0.2, -0.15) is 0 Å². The van der Waals surface area contributed by atoms with Crippen molar-refractivity contribution in [3.05, 3.63) is 29.6 Å². The molecule has 0 saturated carbocycles. The zero-order valence-corrected chi connectivity index (χ0v) is 5.91. The van der Waals surface area contributed by atoms with Gasteiger partial charge in [-0.3, -0.25) is 9.78 Å². The molecule has 1 aromatic heterocycles. The Balaban J connectivity index is 2.52. The van der Waals surface area contributed by atoms with Gasteiger partial charge in [0.25, 0.3) is 0 Å². The molecule has 0 aromatic carbocycles. The van der Waals surface area contributed by atoms with Crippen molar-refractivity contribution in [2.45, 2.75) is 6.61 Å². The fraction of sp³-hybridized carbons (Fsp3) is 0.250. The standard InChI is InChI=1S/C8H7NO2/c10-8-5-11-4-6-1-2-9-3-7(6)8/h1-3H,4-5H2. The van der Waals surface area contributed by atoms with Crippen LogP contribution in [-0.2, 0) is 11.3 Å². The highest BCUT2D eigenvalue weighted by Gasteiger charge is 2.16. The summed E-state index contributed by atoms with van der Waals surface area (Å²) in [7, 11) is 0. The SMILES string of the molecule is O=C1COCc2ccncc21. The minimum atomic E-state index is 0.0272. The van der Waals surface area contributed by atoms with Crippen molar-refractivity contribution in [2.24, 2.45) is 0 Å². The number of rotatable bonds is 0. The second-order valence-electron chi connectivity index (χ2n) is 2.45. The Hall–Kier alpha value is -1.22. The van der Waals surface area contributed by atoms with Gasteiger partial charge < -0.3 is 4.74 Å². The second-order valence-corrected chi connectivity index (χ2v) is 2.45. The van der Waals surface area contributed by atoms with Crippen LogP contribution >= 0.6 is 0 Å². The van der Waals surface area contributed by atoms with E-state index in [2.05, 4.69) is 4.98 Å². The molecule has 2 heterocycles. The fourth-order valence-electron chi connectivity index (χ4n) is 1.13. The van der Waals surface area contributed by atoms with Gasteiger partial charge in [0, 0.05) is 18.0 Å². The van der Waals surface area contributed by atoms with Crippen LogP contribution in [0.15, 0.2) is 18.5 Å². The Morgan fingerprint density at radius 1 is 1.45 bits per heavy atom. The summed E-state index contributed by atoms with van der Waals surface area (Å²) in [6, 6.07) is 1.81. The Bertz CT molecular complexity index is 296. The molecule has 3 heteroatoms. The Morgan fingerprint density at radius 3 is 3.18 bits per heavy atom. The highest BCUT2D eigenvalue weighted by molar-refractivity contribution is 5.98. The normalized spacial score (nSPS) is 16.2. The van der Waals surface area contributed by atoms with Gasteiger partial charge in [-0.1, -0.05) is 0 Å². The van der Waals surface area contributed by atoms with Crippen LogP contribution < -0.4 is 0 Å². The first-order chi connectivity index (χ1) is 5.38. The van der Waals surface area contributed by atoms with Gasteiger partial charge in [0.05, 0.1) is 6.61 Å². The average molecular weight is 149 g/mol. The first kappa shape index (κ1) is 6.49. The zero-order valence-electron chi connectivity index (χ0n) is 5.91. The van der Waals surface area contributed by atoms with E-state index in [1.807, 2.05) is 6.07 Å². The maximum Gasteiger partial charge on any atom is 0.190 e. The van der Waals surface area contributed by atoms with Crippen molar-refractivity contribution < 1.29 is 9.53 Å². The summed E-state index contributed by atoms with van der Waals surface area (Å²) in [5, 5.41) is 0. The number of hydrogen-bond acceptors (Lipinski definition) is 3. The summed E-state index contributed by atoms with van der Waals surface area (Å²) in [5.74, 6) is 0.0272. The molecule has 0 bridgehead atoms. The minimum Gasteiger partial charge on any atom is -0.369 e. The summed E-state index contributed by atoms with van der Waals surface area (Å²) < 4.78 is 5.03. The number of hydrogen-bond donors (Lipinski definition) is 0. The number of ether oxygens (including phenoxy) is 1. The molecule has 0 aliphatic carbocycles. The number of aromatic nitrogens is 1. The molecule has 0 radical (unpaired) electrons. The van der Waals surface area contributed by atoms with Gasteiger partial charge in [0.15, 0.2) is 5.78 Å². The molecule has 0 atom stereocenters. The third kappa shape index (κ3) is 1.03. The molecular formula is C8H7NO2. The molecule has 1 aromatic rings. The van der Waals surface area contributed by atoms with E-state index < -0.39 is 0 Å². The highest BCUT2D eigenvalue weighted by Crippen LogP contribution is 2.13. The van der Waals surface area contributed by atoms with Crippen molar-refractivity contribution in [1.29, 1.82) is 0 Å².